The third-order valence-electron chi connectivity index (χ3n) is 1.72. The molecule has 0 bridgehead atoms. The minimum atomic E-state index is -1.04. The summed E-state index contributed by atoms with van der Waals surface area (Å²) >= 11 is 0. The van der Waals surface area contributed by atoms with Crippen LogP contribution in [0.3, 0.4) is 0 Å². The SMILES string of the molecule is COC(=O)CC(C)C[C@@H](N)C(=O)O. The number of methoxy groups -OCH3 is 1. The summed E-state index contributed by atoms with van der Waals surface area (Å²) in [5, 5.41) is 8.48. The average Bonchev–Trinajstić information content (AvgIpc) is 2.03. The first-order valence-electron chi connectivity index (χ1n) is 4.02. The number of aliphatic carboxylic acids is 1. The Morgan fingerprint density at radius 2 is 2.08 bits per heavy atom. The largest absolute Gasteiger partial charge is 0.480 e. The van der Waals surface area contributed by atoms with Gasteiger partial charge in [0.25, 0.3) is 0 Å². The molecule has 0 aromatic carbocycles. The second-order valence-corrected chi connectivity index (χ2v) is 3.07. The molecule has 1 unspecified atom stereocenters. The van der Waals surface area contributed by atoms with E-state index >= 15 is 0 Å². The van der Waals surface area contributed by atoms with Gasteiger partial charge in [0, 0.05) is 6.42 Å². The van der Waals surface area contributed by atoms with Crippen molar-refractivity contribution in [3.05, 3.63) is 0 Å². The molecule has 5 nitrogen and oxygen atoms in total. The molecule has 76 valence electrons. The van der Waals surface area contributed by atoms with Crippen LogP contribution in [0.15, 0.2) is 0 Å². The Morgan fingerprint density at radius 3 is 2.46 bits per heavy atom. The van der Waals surface area contributed by atoms with Crippen LogP contribution in [-0.4, -0.2) is 30.2 Å². The fourth-order valence-corrected chi connectivity index (χ4v) is 0.985. The van der Waals surface area contributed by atoms with Gasteiger partial charge in [0.1, 0.15) is 6.04 Å². The summed E-state index contributed by atoms with van der Waals surface area (Å²) in [6, 6.07) is -0.903. The van der Waals surface area contributed by atoms with Crippen LogP contribution in [-0.2, 0) is 14.3 Å². The summed E-state index contributed by atoms with van der Waals surface area (Å²) in [7, 11) is 1.30. The molecule has 0 amide bonds. The number of hydrogen-bond acceptors (Lipinski definition) is 4. The van der Waals surface area contributed by atoms with Gasteiger partial charge in [-0.05, 0) is 12.3 Å². The van der Waals surface area contributed by atoms with Gasteiger partial charge < -0.3 is 15.6 Å². The van der Waals surface area contributed by atoms with Crippen LogP contribution in [0.4, 0.5) is 0 Å². The molecule has 0 fully saturated rings. The molecule has 0 aliphatic carbocycles. The molecular weight excluding hydrogens is 174 g/mol. The Kier molecular flexibility index (Phi) is 5.06. The molecule has 0 rings (SSSR count). The molecule has 13 heavy (non-hydrogen) atoms. The molecule has 0 saturated carbocycles. The highest BCUT2D eigenvalue weighted by atomic mass is 16.5. The van der Waals surface area contributed by atoms with Crippen molar-refractivity contribution < 1.29 is 19.4 Å². The molecule has 0 aliphatic rings. The van der Waals surface area contributed by atoms with Crippen molar-refractivity contribution >= 4 is 11.9 Å². The maximum absolute atomic E-state index is 10.8. The van der Waals surface area contributed by atoms with Crippen molar-refractivity contribution in [3.8, 4) is 0 Å². The summed E-state index contributed by atoms with van der Waals surface area (Å²) in [6.45, 7) is 1.76. The van der Waals surface area contributed by atoms with E-state index in [1.165, 1.54) is 7.11 Å². The van der Waals surface area contributed by atoms with Crippen LogP contribution in [0.25, 0.3) is 0 Å². The number of carbonyl (C=O) groups is 2. The lowest BCUT2D eigenvalue weighted by Crippen LogP contribution is -2.32. The van der Waals surface area contributed by atoms with E-state index < -0.39 is 12.0 Å². The predicted molar refractivity (Wildman–Crippen MR) is 46.0 cm³/mol. The summed E-state index contributed by atoms with van der Waals surface area (Å²) in [5.41, 5.74) is 5.28. The highest BCUT2D eigenvalue weighted by molar-refractivity contribution is 5.73. The van der Waals surface area contributed by atoms with Crippen molar-refractivity contribution in [1.82, 2.24) is 0 Å². The molecule has 2 atom stereocenters. The fraction of sp³-hybridized carbons (Fsp3) is 0.750. The number of carbonyl (C=O) groups excluding carboxylic acids is 1. The Bertz CT molecular complexity index is 193. The van der Waals surface area contributed by atoms with Crippen molar-refractivity contribution in [2.45, 2.75) is 25.8 Å². The molecule has 0 heterocycles. The number of ether oxygens (including phenoxy) is 1. The van der Waals surface area contributed by atoms with Crippen LogP contribution in [0.5, 0.6) is 0 Å². The predicted octanol–water partition coefficient (Wildman–Crippen LogP) is -0.0124. The number of nitrogens with two attached hydrogens (primary N) is 1. The van der Waals surface area contributed by atoms with Crippen molar-refractivity contribution in [2.75, 3.05) is 7.11 Å². The molecule has 3 N–H and O–H groups in total. The summed E-state index contributed by atoms with van der Waals surface area (Å²) in [6.07, 6.45) is 0.488. The Labute approximate surface area is 76.9 Å². The highest BCUT2D eigenvalue weighted by Crippen LogP contribution is 2.10. The molecule has 0 saturated heterocycles. The molecule has 0 spiro atoms. The zero-order valence-corrected chi connectivity index (χ0v) is 7.82. The molecule has 0 aromatic rings. The van der Waals surface area contributed by atoms with Gasteiger partial charge in [-0.15, -0.1) is 0 Å². The summed E-state index contributed by atoms with van der Waals surface area (Å²) in [4.78, 5) is 21.1. The number of carboxylic acid groups (broad SMARTS) is 1. The van der Waals surface area contributed by atoms with Crippen LogP contribution >= 0.6 is 0 Å². The second kappa shape index (κ2) is 5.53. The van der Waals surface area contributed by atoms with Crippen LogP contribution in [0.1, 0.15) is 19.8 Å². The van der Waals surface area contributed by atoms with Crippen molar-refractivity contribution in [3.63, 3.8) is 0 Å². The van der Waals surface area contributed by atoms with Crippen LogP contribution in [0.2, 0.25) is 0 Å². The fourth-order valence-electron chi connectivity index (χ4n) is 0.985. The van der Waals surface area contributed by atoms with E-state index in [-0.39, 0.29) is 24.7 Å². The normalized spacial score (nSPS) is 14.7. The standard InChI is InChI=1S/C8H15NO4/c1-5(4-7(10)13-2)3-6(9)8(11)12/h5-6H,3-4,9H2,1-2H3,(H,11,12)/t5?,6-/m1/s1. The van der Waals surface area contributed by atoms with Gasteiger partial charge in [0.15, 0.2) is 0 Å². The first-order chi connectivity index (χ1) is 5.97. The van der Waals surface area contributed by atoms with Crippen LogP contribution in [0, 0.1) is 5.92 Å². The zero-order valence-electron chi connectivity index (χ0n) is 7.82. The quantitative estimate of drug-likeness (QED) is 0.593. The van der Waals surface area contributed by atoms with E-state index in [0.717, 1.165) is 0 Å². The van der Waals surface area contributed by atoms with Gasteiger partial charge in [-0.25, -0.2) is 0 Å². The monoisotopic (exact) mass is 189 g/mol. The third-order valence-corrected chi connectivity index (χ3v) is 1.72. The maximum Gasteiger partial charge on any atom is 0.320 e. The number of carboxylic acids is 1. The Balaban J connectivity index is 3.80. The minimum Gasteiger partial charge on any atom is -0.480 e. The van der Waals surface area contributed by atoms with Gasteiger partial charge in [-0.3, -0.25) is 9.59 Å². The minimum absolute atomic E-state index is 0.0708. The summed E-state index contributed by atoms with van der Waals surface area (Å²) in [5.74, 6) is -1.46. The Morgan fingerprint density at radius 1 is 1.54 bits per heavy atom. The van der Waals surface area contributed by atoms with Gasteiger partial charge in [-0.1, -0.05) is 6.92 Å². The maximum atomic E-state index is 10.8. The van der Waals surface area contributed by atoms with E-state index in [0.29, 0.717) is 0 Å². The van der Waals surface area contributed by atoms with Gasteiger partial charge in [0.05, 0.1) is 7.11 Å². The first-order valence-corrected chi connectivity index (χ1v) is 4.02. The van der Waals surface area contributed by atoms with Crippen molar-refractivity contribution in [1.29, 1.82) is 0 Å². The van der Waals surface area contributed by atoms with E-state index in [2.05, 4.69) is 4.74 Å². The van der Waals surface area contributed by atoms with Gasteiger partial charge in [0.2, 0.25) is 0 Å². The zero-order chi connectivity index (χ0) is 10.4. The second-order valence-electron chi connectivity index (χ2n) is 3.07. The van der Waals surface area contributed by atoms with E-state index in [1.54, 1.807) is 6.92 Å². The van der Waals surface area contributed by atoms with Crippen LogP contribution < -0.4 is 5.73 Å². The van der Waals surface area contributed by atoms with Crippen molar-refractivity contribution in [2.24, 2.45) is 11.7 Å². The van der Waals surface area contributed by atoms with Gasteiger partial charge in [-0.2, -0.15) is 0 Å². The van der Waals surface area contributed by atoms with E-state index in [1.807, 2.05) is 0 Å². The van der Waals surface area contributed by atoms with E-state index in [9.17, 15) is 9.59 Å². The smallest absolute Gasteiger partial charge is 0.320 e. The lowest BCUT2D eigenvalue weighted by molar-refractivity contribution is -0.143. The molecule has 0 radical (unpaired) electrons. The highest BCUT2D eigenvalue weighted by Gasteiger charge is 2.17. The Hall–Kier alpha value is -1.10. The lowest BCUT2D eigenvalue weighted by Gasteiger charge is -2.12. The third kappa shape index (κ3) is 5.19. The molecule has 5 heteroatoms. The van der Waals surface area contributed by atoms with Gasteiger partial charge >= 0.3 is 11.9 Å². The average molecular weight is 189 g/mol. The van der Waals surface area contributed by atoms with E-state index in [4.69, 9.17) is 10.8 Å². The number of rotatable bonds is 5. The molecule has 0 aliphatic heterocycles. The number of hydrogen-bond donors (Lipinski definition) is 2. The number of esters is 1. The summed E-state index contributed by atoms with van der Waals surface area (Å²) < 4.78 is 4.44. The molecule has 0 aromatic heterocycles. The topological polar surface area (TPSA) is 89.6 Å². The first kappa shape index (κ1) is 11.9. The lowest BCUT2D eigenvalue weighted by atomic mass is 9.99. The molecular formula is C8H15NO4.